The summed E-state index contributed by atoms with van der Waals surface area (Å²) in [6.45, 7) is 4.56. The number of ether oxygens (including phenoxy) is 1. The molecule has 0 aromatic heterocycles. The smallest absolute Gasteiger partial charge is 0.119 e. The Kier molecular flexibility index (Phi) is 5.94. The highest BCUT2D eigenvalue weighted by Gasteiger charge is 2.35. The Morgan fingerprint density at radius 1 is 1.00 bits per heavy atom. The molecule has 138 valence electrons. The van der Waals surface area contributed by atoms with Crippen LogP contribution in [0.2, 0.25) is 0 Å². The molecule has 3 saturated heterocycles. The molecule has 0 amide bonds. The first-order valence-electron chi connectivity index (χ1n) is 10.6. The summed E-state index contributed by atoms with van der Waals surface area (Å²) in [7, 11) is 0. The van der Waals surface area contributed by atoms with E-state index in [0.29, 0.717) is 6.04 Å². The van der Waals surface area contributed by atoms with Gasteiger partial charge in [0.25, 0.3) is 0 Å². The van der Waals surface area contributed by atoms with Gasteiger partial charge in [0, 0.05) is 12.1 Å². The lowest BCUT2D eigenvalue weighted by Crippen LogP contribution is -2.35. The molecule has 3 nitrogen and oxygen atoms in total. The third-order valence-electron chi connectivity index (χ3n) is 6.54. The summed E-state index contributed by atoms with van der Waals surface area (Å²) in [5, 5.41) is 3.50. The molecule has 3 heteroatoms. The standard InChI is InChI=1S/C22H34N2O/c1-2-15-24-20(7-1)10-13-22(24)19-8-11-21(12-9-19)25-16-4-6-18-5-3-14-23-17-18/h8-9,11-12,18,20,22-23H,1-7,10,13-17H2/t18?,20?,22-/m1/s1. The molecule has 0 radical (unpaired) electrons. The van der Waals surface area contributed by atoms with E-state index in [1.165, 1.54) is 83.0 Å². The summed E-state index contributed by atoms with van der Waals surface area (Å²) < 4.78 is 5.99. The van der Waals surface area contributed by atoms with Crippen molar-refractivity contribution >= 4 is 0 Å². The Bertz CT molecular complexity index is 523. The molecule has 0 spiro atoms. The SMILES string of the molecule is c1cc([C@H]2CCC3CCCCN32)ccc1OCCCC1CCCNC1. The molecule has 2 unspecified atom stereocenters. The number of nitrogens with one attached hydrogen (secondary N) is 1. The van der Waals surface area contributed by atoms with Crippen molar-refractivity contribution in [3.63, 3.8) is 0 Å². The predicted octanol–water partition coefficient (Wildman–Crippen LogP) is 4.53. The zero-order valence-electron chi connectivity index (χ0n) is 15.6. The number of piperidine rings is 2. The maximum atomic E-state index is 5.99. The van der Waals surface area contributed by atoms with Gasteiger partial charge < -0.3 is 10.1 Å². The van der Waals surface area contributed by atoms with Gasteiger partial charge in [0.1, 0.15) is 5.75 Å². The number of fused-ring (bicyclic) bond motifs is 1. The van der Waals surface area contributed by atoms with Gasteiger partial charge in [0.05, 0.1) is 6.61 Å². The molecule has 0 bridgehead atoms. The zero-order valence-corrected chi connectivity index (χ0v) is 15.6. The summed E-state index contributed by atoms with van der Waals surface area (Å²) >= 11 is 0. The van der Waals surface area contributed by atoms with Crippen molar-refractivity contribution in [3.05, 3.63) is 29.8 Å². The molecule has 0 saturated carbocycles. The topological polar surface area (TPSA) is 24.5 Å². The first kappa shape index (κ1) is 17.4. The second-order valence-corrected chi connectivity index (χ2v) is 8.25. The normalized spacial score (nSPS) is 30.2. The highest BCUT2D eigenvalue weighted by molar-refractivity contribution is 5.30. The lowest BCUT2D eigenvalue weighted by Gasteiger charge is -2.34. The molecule has 1 N–H and O–H groups in total. The van der Waals surface area contributed by atoms with Crippen LogP contribution >= 0.6 is 0 Å². The van der Waals surface area contributed by atoms with Gasteiger partial charge in [-0.3, -0.25) is 4.90 Å². The van der Waals surface area contributed by atoms with Crippen LogP contribution < -0.4 is 10.1 Å². The van der Waals surface area contributed by atoms with E-state index in [4.69, 9.17) is 4.74 Å². The van der Waals surface area contributed by atoms with Gasteiger partial charge in [-0.25, -0.2) is 0 Å². The van der Waals surface area contributed by atoms with E-state index in [9.17, 15) is 0 Å². The molecule has 25 heavy (non-hydrogen) atoms. The van der Waals surface area contributed by atoms with Crippen LogP contribution in [0.1, 0.15) is 69.4 Å². The van der Waals surface area contributed by atoms with Crippen LogP contribution in [0.3, 0.4) is 0 Å². The second-order valence-electron chi connectivity index (χ2n) is 8.25. The third kappa shape index (κ3) is 4.38. The van der Waals surface area contributed by atoms with Gasteiger partial charge in [-0.1, -0.05) is 18.6 Å². The van der Waals surface area contributed by atoms with E-state index in [1.54, 1.807) is 0 Å². The number of hydrogen-bond donors (Lipinski definition) is 1. The van der Waals surface area contributed by atoms with Crippen LogP contribution in [0.4, 0.5) is 0 Å². The maximum absolute atomic E-state index is 5.99. The van der Waals surface area contributed by atoms with Crippen LogP contribution in [0.15, 0.2) is 24.3 Å². The predicted molar refractivity (Wildman–Crippen MR) is 103 cm³/mol. The molecule has 3 aliphatic rings. The van der Waals surface area contributed by atoms with Gasteiger partial charge in [0.15, 0.2) is 0 Å². The van der Waals surface area contributed by atoms with Gasteiger partial charge in [-0.2, -0.15) is 0 Å². The van der Waals surface area contributed by atoms with Crippen molar-refractivity contribution in [3.8, 4) is 5.75 Å². The third-order valence-corrected chi connectivity index (χ3v) is 6.54. The Balaban J connectivity index is 1.23. The minimum atomic E-state index is 0.651. The fraction of sp³-hybridized carbons (Fsp3) is 0.727. The van der Waals surface area contributed by atoms with Crippen LogP contribution in [0.5, 0.6) is 5.75 Å². The molecule has 0 aliphatic carbocycles. The van der Waals surface area contributed by atoms with E-state index in [1.807, 2.05) is 0 Å². The number of nitrogens with zero attached hydrogens (tertiary/aromatic N) is 1. The van der Waals surface area contributed by atoms with Gasteiger partial charge in [0.2, 0.25) is 0 Å². The molecular weight excluding hydrogens is 308 g/mol. The number of rotatable bonds is 6. The van der Waals surface area contributed by atoms with Crippen molar-refractivity contribution in [2.45, 2.75) is 69.9 Å². The van der Waals surface area contributed by atoms with Crippen LogP contribution in [0.25, 0.3) is 0 Å². The van der Waals surface area contributed by atoms with Gasteiger partial charge >= 0.3 is 0 Å². The lowest BCUT2D eigenvalue weighted by molar-refractivity contribution is 0.150. The van der Waals surface area contributed by atoms with Crippen molar-refractivity contribution in [2.24, 2.45) is 5.92 Å². The lowest BCUT2D eigenvalue weighted by atomic mass is 9.95. The van der Waals surface area contributed by atoms with Gasteiger partial charge in [-0.15, -0.1) is 0 Å². The Hall–Kier alpha value is -1.06. The fourth-order valence-electron chi connectivity index (χ4n) is 5.14. The first-order valence-corrected chi connectivity index (χ1v) is 10.6. The highest BCUT2D eigenvalue weighted by Crippen LogP contribution is 2.40. The van der Waals surface area contributed by atoms with Crippen molar-refractivity contribution < 1.29 is 4.74 Å². The van der Waals surface area contributed by atoms with E-state index in [2.05, 4.69) is 34.5 Å². The Labute approximate surface area is 153 Å². The monoisotopic (exact) mass is 342 g/mol. The van der Waals surface area contributed by atoms with E-state index in [-0.39, 0.29) is 0 Å². The maximum Gasteiger partial charge on any atom is 0.119 e. The highest BCUT2D eigenvalue weighted by atomic mass is 16.5. The van der Waals surface area contributed by atoms with Crippen molar-refractivity contribution in [1.29, 1.82) is 0 Å². The molecule has 1 aromatic rings. The van der Waals surface area contributed by atoms with Gasteiger partial charge in [-0.05, 0) is 94.6 Å². The molecule has 4 rings (SSSR count). The molecular formula is C22H34N2O. The molecule has 3 fully saturated rings. The van der Waals surface area contributed by atoms with Crippen molar-refractivity contribution in [1.82, 2.24) is 10.2 Å². The summed E-state index contributed by atoms with van der Waals surface area (Å²) in [4.78, 5) is 2.76. The molecule has 3 atom stereocenters. The minimum absolute atomic E-state index is 0.651. The van der Waals surface area contributed by atoms with Crippen LogP contribution in [-0.4, -0.2) is 37.2 Å². The molecule has 1 aromatic carbocycles. The average molecular weight is 343 g/mol. The largest absolute Gasteiger partial charge is 0.494 e. The number of hydrogen-bond acceptors (Lipinski definition) is 3. The van der Waals surface area contributed by atoms with Crippen molar-refractivity contribution in [2.75, 3.05) is 26.2 Å². The fourth-order valence-corrected chi connectivity index (χ4v) is 5.14. The summed E-state index contributed by atoms with van der Waals surface area (Å²) in [6, 6.07) is 10.5. The summed E-state index contributed by atoms with van der Waals surface area (Å²) in [5.74, 6) is 1.90. The Morgan fingerprint density at radius 2 is 1.92 bits per heavy atom. The van der Waals surface area contributed by atoms with E-state index < -0.39 is 0 Å². The summed E-state index contributed by atoms with van der Waals surface area (Å²) in [5.41, 5.74) is 1.49. The van der Waals surface area contributed by atoms with E-state index in [0.717, 1.165) is 24.3 Å². The van der Waals surface area contributed by atoms with E-state index >= 15 is 0 Å². The zero-order chi connectivity index (χ0) is 16.9. The molecule has 3 heterocycles. The summed E-state index contributed by atoms with van der Waals surface area (Å²) in [6.07, 6.45) is 12.1. The first-order chi connectivity index (χ1) is 12.4. The van der Waals surface area contributed by atoms with Crippen LogP contribution in [-0.2, 0) is 0 Å². The van der Waals surface area contributed by atoms with Crippen LogP contribution in [0, 0.1) is 5.92 Å². The average Bonchev–Trinajstić information content (AvgIpc) is 3.11. The minimum Gasteiger partial charge on any atom is -0.494 e. The number of benzene rings is 1. The quantitative estimate of drug-likeness (QED) is 0.769. The molecule has 3 aliphatic heterocycles. The Morgan fingerprint density at radius 3 is 2.76 bits per heavy atom. The second kappa shape index (κ2) is 8.55.